The fraction of sp³-hybridized carbons (Fsp3) is 0.357. The van der Waals surface area contributed by atoms with Crippen LogP contribution in [-0.2, 0) is 13.5 Å². The summed E-state index contributed by atoms with van der Waals surface area (Å²) in [5, 5.41) is 5.11. The number of nitrogens with one attached hydrogen (secondary N) is 1. The van der Waals surface area contributed by atoms with Gasteiger partial charge in [-0.2, -0.15) is 5.10 Å². The van der Waals surface area contributed by atoms with E-state index in [1.165, 1.54) is 0 Å². The van der Waals surface area contributed by atoms with Gasteiger partial charge in [-0.1, -0.05) is 6.92 Å². The van der Waals surface area contributed by atoms with Crippen molar-refractivity contribution in [2.75, 3.05) is 0 Å². The number of nitrogens with zero attached hydrogens (tertiary/aromatic N) is 3. The summed E-state index contributed by atoms with van der Waals surface area (Å²) in [7, 11) is 1.85. The molecule has 21 heavy (non-hydrogen) atoms. The van der Waals surface area contributed by atoms with E-state index in [0.717, 1.165) is 38.5 Å². The van der Waals surface area contributed by atoms with Gasteiger partial charge in [0.05, 0.1) is 16.8 Å². The molecule has 0 atom stereocenters. The Morgan fingerprint density at radius 3 is 2.81 bits per heavy atom. The Kier molecular flexibility index (Phi) is 3.33. The van der Waals surface area contributed by atoms with E-state index in [0.29, 0.717) is 4.77 Å². The maximum absolute atomic E-state index is 12.9. The summed E-state index contributed by atoms with van der Waals surface area (Å²) in [5.74, 6) is 0. The summed E-state index contributed by atoms with van der Waals surface area (Å²) in [6, 6.07) is 0. The van der Waals surface area contributed by atoms with Crippen molar-refractivity contribution in [2.24, 2.45) is 7.05 Å². The number of H-pyrrole nitrogens is 1. The van der Waals surface area contributed by atoms with Crippen LogP contribution in [0.4, 0.5) is 0 Å². The van der Waals surface area contributed by atoms with E-state index in [1.807, 2.05) is 34.0 Å². The van der Waals surface area contributed by atoms with Gasteiger partial charge in [-0.3, -0.25) is 9.48 Å². The molecule has 0 aliphatic heterocycles. The third-order valence-corrected chi connectivity index (χ3v) is 5.09. The van der Waals surface area contributed by atoms with Crippen LogP contribution < -0.4 is 5.56 Å². The van der Waals surface area contributed by atoms with Crippen LogP contribution in [0.3, 0.4) is 0 Å². The van der Waals surface area contributed by atoms with E-state index < -0.39 is 0 Å². The molecule has 0 aliphatic rings. The average Bonchev–Trinajstić information content (AvgIpc) is 2.91. The third kappa shape index (κ3) is 2.08. The van der Waals surface area contributed by atoms with Crippen molar-refractivity contribution < 1.29 is 0 Å². The Balaban J connectivity index is 2.45. The first-order valence-corrected chi connectivity index (χ1v) is 7.94. The second kappa shape index (κ2) is 4.92. The fourth-order valence-corrected chi connectivity index (χ4v) is 3.91. The molecule has 0 radical (unpaired) electrons. The van der Waals surface area contributed by atoms with Crippen LogP contribution in [-0.4, -0.2) is 19.3 Å². The minimum absolute atomic E-state index is 0.0710. The average molecular weight is 320 g/mol. The van der Waals surface area contributed by atoms with Gasteiger partial charge in [0.25, 0.3) is 5.56 Å². The highest BCUT2D eigenvalue weighted by Crippen LogP contribution is 2.26. The molecule has 0 aromatic carbocycles. The number of fused-ring (bicyclic) bond motifs is 1. The highest BCUT2D eigenvalue weighted by molar-refractivity contribution is 7.71. The lowest BCUT2D eigenvalue weighted by atomic mass is 10.2. The monoisotopic (exact) mass is 320 g/mol. The predicted molar refractivity (Wildman–Crippen MR) is 88.2 cm³/mol. The summed E-state index contributed by atoms with van der Waals surface area (Å²) in [6.45, 7) is 6.01. The molecule has 5 nitrogen and oxygen atoms in total. The molecular weight excluding hydrogens is 304 g/mol. The van der Waals surface area contributed by atoms with E-state index in [9.17, 15) is 4.79 Å². The maximum atomic E-state index is 12.9. The number of aryl methyl sites for hydroxylation is 4. The van der Waals surface area contributed by atoms with Gasteiger partial charge in [-0.05, 0) is 38.0 Å². The van der Waals surface area contributed by atoms with E-state index >= 15 is 0 Å². The SMILES string of the molecule is CCc1nn(C)cc1-n1c(=S)[nH]c2sc(C)c(C)c2c1=O. The van der Waals surface area contributed by atoms with Crippen LogP contribution in [0.5, 0.6) is 0 Å². The van der Waals surface area contributed by atoms with Gasteiger partial charge in [0, 0.05) is 18.1 Å². The molecule has 3 aromatic rings. The second-order valence-electron chi connectivity index (χ2n) is 5.05. The number of rotatable bonds is 2. The topological polar surface area (TPSA) is 55.6 Å². The van der Waals surface area contributed by atoms with Crippen molar-refractivity contribution in [3.63, 3.8) is 0 Å². The zero-order valence-electron chi connectivity index (χ0n) is 12.4. The standard InChI is InChI=1S/C14H16N4OS2/c1-5-9-10(6-17(4)16-9)18-13(19)11-7(2)8(3)21-12(11)15-14(18)20/h6H,5H2,1-4H3,(H,15,20). The van der Waals surface area contributed by atoms with Crippen molar-refractivity contribution >= 4 is 33.8 Å². The Bertz CT molecular complexity index is 958. The lowest BCUT2D eigenvalue weighted by Crippen LogP contribution is -2.21. The number of thiophene rings is 1. The summed E-state index contributed by atoms with van der Waals surface area (Å²) < 4.78 is 3.69. The molecule has 0 bridgehead atoms. The van der Waals surface area contributed by atoms with Crippen LogP contribution in [0.15, 0.2) is 11.0 Å². The first kappa shape index (κ1) is 14.2. The quantitative estimate of drug-likeness (QED) is 0.739. The number of aromatic amines is 1. The molecule has 1 N–H and O–H groups in total. The molecule has 3 rings (SSSR count). The first-order valence-electron chi connectivity index (χ1n) is 6.72. The van der Waals surface area contributed by atoms with E-state index in [1.54, 1.807) is 20.6 Å². The summed E-state index contributed by atoms with van der Waals surface area (Å²) in [4.78, 5) is 18.1. The van der Waals surface area contributed by atoms with Gasteiger partial charge < -0.3 is 4.98 Å². The molecule has 7 heteroatoms. The van der Waals surface area contributed by atoms with E-state index in [2.05, 4.69) is 10.1 Å². The number of hydrogen-bond acceptors (Lipinski definition) is 4. The largest absolute Gasteiger partial charge is 0.323 e. The Hall–Kier alpha value is -1.73. The van der Waals surface area contributed by atoms with Crippen LogP contribution in [0, 0.1) is 18.6 Å². The number of hydrogen-bond donors (Lipinski definition) is 1. The van der Waals surface area contributed by atoms with Crippen molar-refractivity contribution in [1.29, 1.82) is 0 Å². The molecule has 3 heterocycles. The highest BCUT2D eigenvalue weighted by Gasteiger charge is 2.16. The van der Waals surface area contributed by atoms with E-state index in [4.69, 9.17) is 12.2 Å². The maximum Gasteiger partial charge on any atom is 0.268 e. The minimum atomic E-state index is -0.0710. The second-order valence-corrected chi connectivity index (χ2v) is 6.66. The molecule has 0 amide bonds. The molecule has 0 saturated heterocycles. The van der Waals surface area contributed by atoms with Crippen molar-refractivity contribution in [2.45, 2.75) is 27.2 Å². The minimum Gasteiger partial charge on any atom is -0.323 e. The van der Waals surface area contributed by atoms with Crippen LogP contribution in [0.25, 0.3) is 15.9 Å². The zero-order chi connectivity index (χ0) is 15.3. The Morgan fingerprint density at radius 2 is 2.14 bits per heavy atom. The van der Waals surface area contributed by atoms with Crippen LogP contribution in [0.1, 0.15) is 23.1 Å². The molecular formula is C14H16N4OS2. The number of aromatic nitrogens is 4. The van der Waals surface area contributed by atoms with Crippen molar-refractivity contribution in [1.82, 2.24) is 19.3 Å². The summed E-state index contributed by atoms with van der Waals surface area (Å²) >= 11 is 6.97. The van der Waals surface area contributed by atoms with Crippen molar-refractivity contribution in [3.8, 4) is 5.69 Å². The third-order valence-electron chi connectivity index (χ3n) is 3.68. The Morgan fingerprint density at radius 1 is 1.43 bits per heavy atom. The van der Waals surface area contributed by atoms with Gasteiger partial charge in [-0.25, -0.2) is 4.57 Å². The van der Waals surface area contributed by atoms with Gasteiger partial charge in [0.15, 0.2) is 4.77 Å². The highest BCUT2D eigenvalue weighted by atomic mass is 32.1. The molecule has 0 fully saturated rings. The molecule has 0 saturated carbocycles. The summed E-state index contributed by atoms with van der Waals surface area (Å²) in [6.07, 6.45) is 2.58. The Labute approximate surface area is 130 Å². The molecule has 0 unspecified atom stereocenters. The molecule has 0 aliphatic carbocycles. The molecule has 3 aromatic heterocycles. The van der Waals surface area contributed by atoms with Crippen LogP contribution in [0.2, 0.25) is 0 Å². The van der Waals surface area contributed by atoms with Gasteiger partial charge >= 0.3 is 0 Å². The van der Waals surface area contributed by atoms with Gasteiger partial charge in [0.1, 0.15) is 4.83 Å². The van der Waals surface area contributed by atoms with Crippen LogP contribution >= 0.6 is 23.6 Å². The lowest BCUT2D eigenvalue weighted by Gasteiger charge is -2.05. The predicted octanol–water partition coefficient (Wildman–Crippen LogP) is 3.02. The van der Waals surface area contributed by atoms with Crippen molar-refractivity contribution in [3.05, 3.63) is 37.5 Å². The fourth-order valence-electron chi connectivity index (χ4n) is 2.51. The smallest absolute Gasteiger partial charge is 0.268 e. The van der Waals surface area contributed by atoms with Gasteiger partial charge in [-0.15, -0.1) is 11.3 Å². The normalized spacial score (nSPS) is 11.4. The summed E-state index contributed by atoms with van der Waals surface area (Å²) in [5.41, 5.74) is 2.57. The zero-order valence-corrected chi connectivity index (χ0v) is 14.0. The van der Waals surface area contributed by atoms with E-state index in [-0.39, 0.29) is 5.56 Å². The lowest BCUT2D eigenvalue weighted by molar-refractivity contribution is 0.746. The van der Waals surface area contributed by atoms with Gasteiger partial charge in [0.2, 0.25) is 0 Å². The molecule has 110 valence electrons. The first-order chi connectivity index (χ1) is 9.93. The molecule has 0 spiro atoms.